The second kappa shape index (κ2) is 7.05. The molecule has 0 aromatic carbocycles. The summed E-state index contributed by atoms with van der Waals surface area (Å²) in [5.41, 5.74) is 9.18. The molecule has 0 aliphatic heterocycles. The van der Waals surface area contributed by atoms with E-state index in [9.17, 15) is 45.5 Å². The molecule has 9 nitrogen and oxygen atoms in total. The highest BCUT2D eigenvalue weighted by atomic mass is 19.4. The highest BCUT2D eigenvalue weighted by Gasteiger charge is 2.49. The first kappa shape index (κ1) is 21.0. The first-order chi connectivity index (χ1) is 10.6. The largest absolute Gasteiger partial charge is 0.491 e. The first-order valence-electron chi connectivity index (χ1n) is 5.33. The number of aromatic nitrogens is 2. The maximum absolute atomic E-state index is 11.2. The summed E-state index contributed by atoms with van der Waals surface area (Å²) in [5, 5.41) is 0. The van der Waals surface area contributed by atoms with Crippen molar-refractivity contribution in [3.8, 4) is 0 Å². The molecule has 1 aromatic heterocycles. The molecule has 1 aromatic rings. The number of carbonyl (C=O) groups excluding carboxylic acids is 2. The van der Waals surface area contributed by atoms with E-state index in [-0.39, 0.29) is 11.5 Å². The molecule has 0 saturated heterocycles. The second-order valence-corrected chi connectivity index (χ2v) is 3.79. The average molecular weight is 366 g/mol. The molecule has 0 radical (unpaired) electrons. The minimum Gasteiger partial charge on any atom is -0.391 e. The van der Waals surface area contributed by atoms with Crippen molar-refractivity contribution in [3.63, 3.8) is 0 Å². The average Bonchev–Trinajstić information content (AvgIpc) is 2.41. The topological polar surface area (TPSA) is 150 Å². The number of nitrogens with zero attached hydrogens (tertiary/aromatic N) is 1. The number of esters is 2. The van der Waals surface area contributed by atoms with Crippen molar-refractivity contribution >= 4 is 23.4 Å². The van der Waals surface area contributed by atoms with Gasteiger partial charge in [-0.2, -0.15) is 26.3 Å². The Morgan fingerprint density at radius 1 is 1.00 bits per heavy atom. The lowest BCUT2D eigenvalue weighted by atomic mass is 10.5. The van der Waals surface area contributed by atoms with Gasteiger partial charge in [0.25, 0.3) is 5.56 Å². The zero-order chi connectivity index (χ0) is 19.5. The lowest BCUT2D eigenvalue weighted by Crippen LogP contribution is -2.34. The Balaban J connectivity index is 0.000000446. The zero-order valence-corrected chi connectivity index (χ0v) is 11.4. The number of hydrogen-bond acceptors (Lipinski definition) is 7. The molecule has 0 bridgehead atoms. The van der Waals surface area contributed by atoms with Crippen LogP contribution in [0.3, 0.4) is 0 Å². The van der Waals surface area contributed by atoms with Gasteiger partial charge in [-0.1, -0.05) is 0 Å². The fraction of sp³-hybridized carbons (Fsp3) is 0.333. The van der Waals surface area contributed by atoms with E-state index in [1.807, 2.05) is 4.98 Å². The van der Waals surface area contributed by atoms with Crippen LogP contribution in [0.5, 0.6) is 0 Å². The Labute approximate surface area is 126 Å². The maximum Gasteiger partial charge on any atom is 0.491 e. The second-order valence-electron chi connectivity index (χ2n) is 3.79. The molecule has 15 heteroatoms. The number of aromatic amines is 1. The number of rotatable bonds is 0. The molecule has 0 saturated carbocycles. The van der Waals surface area contributed by atoms with E-state index in [2.05, 4.69) is 4.74 Å². The van der Waals surface area contributed by atoms with Gasteiger partial charge in [0.1, 0.15) is 11.5 Å². The standard InChI is InChI=1S/C5H8N4O2.C4F6O3/c1-9-3(7)2(6)4(10)8-5(9)11;5-3(6,7)1(11)13-2(12)4(8,9)10/h6-7H2,1H3,(H,8,10,11);. The van der Waals surface area contributed by atoms with Crippen molar-refractivity contribution in [2.24, 2.45) is 7.05 Å². The van der Waals surface area contributed by atoms with E-state index >= 15 is 0 Å². The van der Waals surface area contributed by atoms with Gasteiger partial charge in [0.2, 0.25) is 0 Å². The number of H-pyrrole nitrogens is 1. The molecule has 24 heavy (non-hydrogen) atoms. The normalized spacial score (nSPS) is 11.3. The molecule has 0 fully saturated rings. The van der Waals surface area contributed by atoms with E-state index in [0.717, 1.165) is 4.57 Å². The summed E-state index contributed by atoms with van der Waals surface area (Å²) in [6.45, 7) is 0. The van der Waals surface area contributed by atoms with Gasteiger partial charge in [0, 0.05) is 7.05 Å². The van der Waals surface area contributed by atoms with Crippen LogP contribution in [0.15, 0.2) is 9.59 Å². The molecule has 0 atom stereocenters. The van der Waals surface area contributed by atoms with E-state index in [0.29, 0.717) is 0 Å². The summed E-state index contributed by atoms with van der Waals surface area (Å²) >= 11 is 0. The molecule has 5 N–H and O–H groups in total. The summed E-state index contributed by atoms with van der Waals surface area (Å²) < 4.78 is 70.7. The Kier molecular flexibility index (Phi) is 6.17. The van der Waals surface area contributed by atoms with Crippen LogP contribution in [0.4, 0.5) is 37.8 Å². The van der Waals surface area contributed by atoms with Gasteiger partial charge < -0.3 is 16.2 Å². The molecule has 1 heterocycles. The Morgan fingerprint density at radius 3 is 1.71 bits per heavy atom. The van der Waals surface area contributed by atoms with Crippen LogP contribution in [-0.2, 0) is 21.4 Å². The number of hydrogen-bond donors (Lipinski definition) is 3. The van der Waals surface area contributed by atoms with Crippen LogP contribution in [0.2, 0.25) is 0 Å². The lowest BCUT2D eigenvalue weighted by Gasteiger charge is -2.06. The third-order valence-electron chi connectivity index (χ3n) is 2.06. The van der Waals surface area contributed by atoms with Gasteiger partial charge in [-0.15, -0.1) is 0 Å². The van der Waals surface area contributed by atoms with Crippen molar-refractivity contribution in [2.75, 3.05) is 11.5 Å². The Morgan fingerprint density at radius 2 is 1.38 bits per heavy atom. The van der Waals surface area contributed by atoms with Crippen LogP contribution in [0.1, 0.15) is 0 Å². The van der Waals surface area contributed by atoms with E-state index in [4.69, 9.17) is 11.5 Å². The molecule has 0 aliphatic carbocycles. The van der Waals surface area contributed by atoms with Gasteiger partial charge in [0.05, 0.1) is 0 Å². The molecule has 0 unspecified atom stereocenters. The zero-order valence-electron chi connectivity index (χ0n) is 11.4. The highest BCUT2D eigenvalue weighted by Crippen LogP contribution is 2.21. The van der Waals surface area contributed by atoms with Crippen LogP contribution in [-0.4, -0.2) is 33.8 Å². The first-order valence-corrected chi connectivity index (χ1v) is 5.33. The molecule has 1 rings (SSSR count). The molecule has 0 spiro atoms. The van der Waals surface area contributed by atoms with Crippen LogP contribution < -0.4 is 22.7 Å². The van der Waals surface area contributed by atoms with Crippen LogP contribution in [0.25, 0.3) is 0 Å². The third kappa shape index (κ3) is 5.65. The lowest BCUT2D eigenvalue weighted by molar-refractivity contribution is -0.221. The van der Waals surface area contributed by atoms with Gasteiger partial charge >= 0.3 is 30.0 Å². The summed E-state index contributed by atoms with van der Waals surface area (Å²) in [7, 11) is 1.42. The van der Waals surface area contributed by atoms with E-state index in [1.165, 1.54) is 7.05 Å². The number of anilines is 2. The van der Waals surface area contributed by atoms with Crippen molar-refractivity contribution in [2.45, 2.75) is 12.4 Å². The summed E-state index contributed by atoms with van der Waals surface area (Å²) in [5.74, 6) is -6.41. The Hall–Kier alpha value is -3.00. The number of alkyl halides is 6. The number of carbonyl (C=O) groups is 2. The van der Waals surface area contributed by atoms with Gasteiger partial charge in [-0.3, -0.25) is 14.3 Å². The minimum absolute atomic E-state index is 0.0150. The molecular weight excluding hydrogens is 358 g/mol. The smallest absolute Gasteiger partial charge is 0.391 e. The van der Waals surface area contributed by atoms with Crippen LogP contribution >= 0.6 is 0 Å². The number of halogens is 6. The fourth-order valence-corrected chi connectivity index (χ4v) is 0.855. The minimum atomic E-state index is -5.62. The summed E-state index contributed by atoms with van der Waals surface area (Å²) in [6.07, 6.45) is -11.2. The van der Waals surface area contributed by atoms with Crippen LogP contribution in [0, 0.1) is 0 Å². The van der Waals surface area contributed by atoms with Crippen molar-refractivity contribution in [1.29, 1.82) is 0 Å². The van der Waals surface area contributed by atoms with Gasteiger partial charge in [-0.05, 0) is 0 Å². The van der Waals surface area contributed by atoms with E-state index < -0.39 is 35.5 Å². The van der Waals surface area contributed by atoms with Gasteiger partial charge in [0.15, 0.2) is 0 Å². The SMILES string of the molecule is Cn1c(N)c(N)c(=O)[nH]c1=O.O=C(OC(=O)C(F)(F)F)C(F)(F)F. The molecular formula is C9H8F6N4O5. The number of nitrogens with one attached hydrogen (secondary N) is 1. The number of ether oxygens (including phenoxy) is 1. The maximum atomic E-state index is 11.2. The van der Waals surface area contributed by atoms with Crippen molar-refractivity contribution in [1.82, 2.24) is 9.55 Å². The molecule has 0 aliphatic rings. The third-order valence-corrected chi connectivity index (χ3v) is 2.06. The van der Waals surface area contributed by atoms with E-state index in [1.54, 1.807) is 0 Å². The van der Waals surface area contributed by atoms with Gasteiger partial charge in [-0.25, -0.2) is 14.4 Å². The highest BCUT2D eigenvalue weighted by molar-refractivity contribution is 5.90. The Bertz CT molecular complexity index is 689. The summed E-state index contributed by atoms with van der Waals surface area (Å²) in [4.78, 5) is 42.8. The monoisotopic (exact) mass is 366 g/mol. The summed E-state index contributed by atoms with van der Waals surface area (Å²) in [6, 6.07) is 0. The van der Waals surface area contributed by atoms with Crippen molar-refractivity contribution in [3.05, 3.63) is 20.8 Å². The number of nitrogen functional groups attached to an aromatic ring is 2. The molecule has 136 valence electrons. The quantitative estimate of drug-likeness (QED) is 0.316. The fourth-order valence-electron chi connectivity index (χ4n) is 0.855. The number of nitrogens with two attached hydrogens (primary N) is 2. The predicted octanol–water partition coefficient (Wildman–Crippen LogP) is -0.581. The molecule has 0 amide bonds. The van der Waals surface area contributed by atoms with Crippen molar-refractivity contribution < 1.29 is 40.7 Å². The predicted molar refractivity (Wildman–Crippen MR) is 64.3 cm³/mol.